The molecule has 0 fully saturated rings. The third-order valence-corrected chi connectivity index (χ3v) is 7.06. The summed E-state index contributed by atoms with van der Waals surface area (Å²) < 4.78 is 5.53. The van der Waals surface area contributed by atoms with Gasteiger partial charge in [0.1, 0.15) is 5.75 Å². The minimum absolute atomic E-state index is 0.144. The van der Waals surface area contributed by atoms with Gasteiger partial charge in [-0.05, 0) is 90.5 Å². The molecule has 0 saturated heterocycles. The Labute approximate surface area is 256 Å². The van der Waals surface area contributed by atoms with E-state index in [1.165, 1.54) is 17.6 Å². The van der Waals surface area contributed by atoms with E-state index in [1.807, 2.05) is 41.8 Å². The number of hydrogen-bond acceptors (Lipinski definition) is 7. The van der Waals surface area contributed by atoms with Gasteiger partial charge in [-0.3, -0.25) is 9.59 Å². The van der Waals surface area contributed by atoms with Gasteiger partial charge in [0.2, 0.25) is 0 Å². The van der Waals surface area contributed by atoms with Gasteiger partial charge in [0.15, 0.2) is 11.7 Å². The van der Waals surface area contributed by atoms with E-state index in [2.05, 4.69) is 26.1 Å². The van der Waals surface area contributed by atoms with Crippen molar-refractivity contribution in [3.63, 3.8) is 0 Å². The predicted octanol–water partition coefficient (Wildman–Crippen LogP) is 7.64. The van der Waals surface area contributed by atoms with Crippen LogP contribution in [0, 0.1) is 0 Å². The fourth-order valence-corrected chi connectivity index (χ4v) is 4.66. The van der Waals surface area contributed by atoms with Crippen LogP contribution in [0.4, 0.5) is 16.5 Å². The van der Waals surface area contributed by atoms with Crippen molar-refractivity contribution in [1.29, 1.82) is 0 Å². The zero-order chi connectivity index (χ0) is 29.3. The topological polar surface area (TPSA) is 105 Å². The third kappa shape index (κ3) is 8.17. The number of carbonyl (C=O) groups excluding carboxylic acids is 2. The standard InChI is InChI=1S/C31H23Cl2N5O3S/c32-23-7-11-25(12-8-23)35-29(39)18-41-27-15-1-20(2-16-27)17-34-38-30(40)22-5-3-21(4-6-22)28-19-42-31(37-28)36-26-13-9-24(33)10-14-26/h1-17,19H,18H2,(H,35,39)(H,36,37)(H,38,40)/b34-17-. The molecule has 0 bridgehead atoms. The molecule has 0 spiro atoms. The summed E-state index contributed by atoms with van der Waals surface area (Å²) in [6.45, 7) is -0.144. The first-order valence-corrected chi connectivity index (χ1v) is 14.2. The second-order valence-electron chi connectivity index (χ2n) is 8.86. The number of carbonyl (C=O) groups is 2. The van der Waals surface area contributed by atoms with Gasteiger partial charge < -0.3 is 15.4 Å². The van der Waals surface area contributed by atoms with Crippen molar-refractivity contribution in [2.45, 2.75) is 0 Å². The van der Waals surface area contributed by atoms with Crippen molar-refractivity contribution in [2.75, 3.05) is 17.2 Å². The van der Waals surface area contributed by atoms with Crippen LogP contribution in [-0.2, 0) is 4.79 Å². The zero-order valence-corrected chi connectivity index (χ0v) is 24.2. The summed E-state index contributed by atoms with van der Waals surface area (Å²) in [6.07, 6.45) is 1.52. The summed E-state index contributed by atoms with van der Waals surface area (Å²) in [7, 11) is 0. The molecule has 1 aromatic heterocycles. The lowest BCUT2D eigenvalue weighted by molar-refractivity contribution is -0.118. The van der Waals surface area contributed by atoms with Crippen LogP contribution in [0.25, 0.3) is 11.3 Å². The van der Waals surface area contributed by atoms with Crippen molar-refractivity contribution in [1.82, 2.24) is 10.4 Å². The molecule has 210 valence electrons. The van der Waals surface area contributed by atoms with Crippen LogP contribution < -0.4 is 20.8 Å². The number of halogens is 2. The van der Waals surface area contributed by atoms with Gasteiger partial charge in [-0.2, -0.15) is 5.10 Å². The second kappa shape index (κ2) is 13.8. The summed E-state index contributed by atoms with van der Waals surface area (Å²) in [6, 6.07) is 28.3. The highest BCUT2D eigenvalue weighted by molar-refractivity contribution is 7.14. The zero-order valence-electron chi connectivity index (χ0n) is 21.9. The Kier molecular flexibility index (Phi) is 9.45. The number of aromatic nitrogens is 1. The molecule has 0 aliphatic heterocycles. The highest BCUT2D eigenvalue weighted by Crippen LogP contribution is 2.28. The first kappa shape index (κ1) is 28.8. The van der Waals surface area contributed by atoms with Crippen molar-refractivity contribution >= 4 is 69.1 Å². The van der Waals surface area contributed by atoms with Gasteiger partial charge in [0, 0.05) is 37.9 Å². The molecule has 0 unspecified atom stereocenters. The molecular formula is C31H23Cl2N5O3S. The molecule has 2 amide bonds. The largest absolute Gasteiger partial charge is 0.484 e. The average molecular weight is 617 g/mol. The van der Waals surface area contributed by atoms with Gasteiger partial charge in [0.05, 0.1) is 11.9 Å². The van der Waals surface area contributed by atoms with Gasteiger partial charge in [0.25, 0.3) is 11.8 Å². The van der Waals surface area contributed by atoms with Gasteiger partial charge >= 0.3 is 0 Å². The fraction of sp³-hybridized carbons (Fsp3) is 0.0323. The highest BCUT2D eigenvalue weighted by Gasteiger charge is 2.09. The summed E-state index contributed by atoms with van der Waals surface area (Å²) in [4.78, 5) is 29.2. The molecule has 0 saturated carbocycles. The summed E-state index contributed by atoms with van der Waals surface area (Å²) >= 11 is 13.3. The number of benzene rings is 4. The number of anilines is 3. The molecule has 8 nitrogen and oxygen atoms in total. The number of hydrogen-bond donors (Lipinski definition) is 3. The minimum Gasteiger partial charge on any atom is -0.484 e. The fourth-order valence-electron chi connectivity index (χ4n) is 3.67. The highest BCUT2D eigenvalue weighted by atomic mass is 35.5. The summed E-state index contributed by atoms with van der Waals surface area (Å²) in [5.41, 5.74) is 6.96. The molecular weight excluding hydrogens is 593 g/mol. The number of rotatable bonds is 10. The third-order valence-electron chi connectivity index (χ3n) is 5.80. The number of amides is 2. The van der Waals surface area contributed by atoms with Crippen LogP contribution in [0.15, 0.2) is 108 Å². The smallest absolute Gasteiger partial charge is 0.271 e. The molecule has 0 aliphatic carbocycles. The Morgan fingerprint density at radius 2 is 1.48 bits per heavy atom. The minimum atomic E-state index is -0.340. The Balaban J connectivity index is 1.08. The van der Waals surface area contributed by atoms with Crippen LogP contribution in [0.3, 0.4) is 0 Å². The molecule has 11 heteroatoms. The first-order chi connectivity index (χ1) is 20.4. The first-order valence-electron chi connectivity index (χ1n) is 12.6. The molecule has 3 N–H and O–H groups in total. The monoisotopic (exact) mass is 615 g/mol. The van der Waals surface area contributed by atoms with Gasteiger partial charge in [-0.15, -0.1) is 11.3 Å². The molecule has 0 radical (unpaired) electrons. The molecule has 1 heterocycles. The van der Waals surface area contributed by atoms with Crippen LogP contribution in [-0.4, -0.2) is 29.6 Å². The van der Waals surface area contributed by atoms with E-state index in [0.717, 1.165) is 27.6 Å². The number of nitrogens with one attached hydrogen (secondary N) is 3. The molecule has 0 aliphatic rings. The number of nitrogens with zero attached hydrogens (tertiary/aromatic N) is 2. The van der Waals surface area contributed by atoms with E-state index in [-0.39, 0.29) is 18.4 Å². The molecule has 4 aromatic carbocycles. The van der Waals surface area contributed by atoms with Crippen LogP contribution in [0.2, 0.25) is 10.0 Å². The molecule has 5 aromatic rings. The van der Waals surface area contributed by atoms with Crippen LogP contribution >= 0.6 is 34.5 Å². The van der Waals surface area contributed by atoms with Gasteiger partial charge in [-0.1, -0.05) is 35.3 Å². The number of hydrazone groups is 1. The lowest BCUT2D eigenvalue weighted by Crippen LogP contribution is -2.20. The lowest BCUT2D eigenvalue weighted by atomic mass is 10.1. The van der Waals surface area contributed by atoms with Crippen molar-refractivity contribution < 1.29 is 14.3 Å². The maximum absolute atomic E-state index is 12.5. The Hall–Kier alpha value is -4.70. The summed E-state index contributed by atoms with van der Waals surface area (Å²) in [5, 5.41) is 14.0. The van der Waals surface area contributed by atoms with Crippen molar-refractivity contribution in [3.8, 4) is 17.0 Å². The average Bonchev–Trinajstić information content (AvgIpc) is 3.47. The van der Waals surface area contributed by atoms with E-state index in [0.29, 0.717) is 27.0 Å². The van der Waals surface area contributed by atoms with Crippen molar-refractivity contribution in [3.05, 3.63) is 124 Å². The molecule has 42 heavy (non-hydrogen) atoms. The van der Waals surface area contributed by atoms with Gasteiger partial charge in [-0.25, -0.2) is 10.4 Å². The van der Waals surface area contributed by atoms with E-state index >= 15 is 0 Å². The maximum atomic E-state index is 12.5. The maximum Gasteiger partial charge on any atom is 0.271 e. The Bertz CT molecular complexity index is 1690. The van der Waals surface area contributed by atoms with Crippen LogP contribution in [0.5, 0.6) is 5.75 Å². The Morgan fingerprint density at radius 3 is 2.14 bits per heavy atom. The van der Waals surface area contributed by atoms with E-state index in [9.17, 15) is 9.59 Å². The summed E-state index contributed by atoms with van der Waals surface area (Å²) in [5.74, 6) is -0.107. The normalized spacial score (nSPS) is 10.8. The predicted molar refractivity (Wildman–Crippen MR) is 169 cm³/mol. The lowest BCUT2D eigenvalue weighted by Gasteiger charge is -2.08. The SMILES string of the molecule is O=C(COc1ccc(/C=N\NC(=O)c2ccc(-c3csc(Nc4ccc(Cl)cc4)n3)cc2)cc1)Nc1ccc(Cl)cc1. The second-order valence-corrected chi connectivity index (χ2v) is 10.6. The molecule has 5 rings (SSSR count). The van der Waals surface area contributed by atoms with E-state index in [4.69, 9.17) is 27.9 Å². The number of thiazole rings is 1. The quantitative estimate of drug-likeness (QED) is 0.111. The van der Waals surface area contributed by atoms with E-state index in [1.54, 1.807) is 60.7 Å². The van der Waals surface area contributed by atoms with Crippen molar-refractivity contribution in [2.24, 2.45) is 5.10 Å². The van der Waals surface area contributed by atoms with E-state index < -0.39 is 0 Å². The Morgan fingerprint density at radius 1 is 0.833 bits per heavy atom. The van der Waals surface area contributed by atoms with Crippen LogP contribution in [0.1, 0.15) is 15.9 Å². The number of ether oxygens (including phenoxy) is 1. The molecule has 0 atom stereocenters.